The maximum atomic E-state index is 13.1. The number of aromatic amines is 1. The lowest BCUT2D eigenvalue weighted by molar-refractivity contribution is 0.543. The van der Waals surface area contributed by atoms with Crippen molar-refractivity contribution in [1.82, 2.24) is 19.9 Å². The van der Waals surface area contributed by atoms with E-state index in [-0.39, 0.29) is 0 Å². The minimum absolute atomic E-state index is 0.351. The first-order chi connectivity index (χ1) is 8.16. The lowest BCUT2D eigenvalue weighted by Gasteiger charge is -2.07. The number of nitrogens with one attached hydrogen (secondary N) is 2. The van der Waals surface area contributed by atoms with Gasteiger partial charge in [-0.3, -0.25) is 0 Å². The molecule has 0 saturated carbocycles. The van der Waals surface area contributed by atoms with Crippen molar-refractivity contribution in [2.75, 3.05) is 11.9 Å². The Morgan fingerprint density at radius 1 is 1.41 bits per heavy atom. The largest absolute Gasteiger partial charge is 0.368 e. The van der Waals surface area contributed by atoms with Crippen LogP contribution in [0.1, 0.15) is 26.7 Å². The molecule has 92 valence electrons. The zero-order valence-corrected chi connectivity index (χ0v) is 10.00. The summed E-state index contributed by atoms with van der Waals surface area (Å²) in [5.74, 6) is 1.15. The van der Waals surface area contributed by atoms with Crippen molar-refractivity contribution in [1.29, 1.82) is 0 Å². The van der Waals surface area contributed by atoms with E-state index in [1.54, 1.807) is 0 Å². The Morgan fingerprint density at radius 3 is 3.00 bits per heavy atom. The van der Waals surface area contributed by atoms with E-state index in [4.69, 9.17) is 0 Å². The SMILES string of the molecule is CC(C)CCCNc1nc(F)nc2nc[nH]c12. The van der Waals surface area contributed by atoms with E-state index in [0.717, 1.165) is 19.4 Å². The predicted octanol–water partition coefficient (Wildman–Crippen LogP) is 2.34. The third-order valence-electron chi connectivity index (χ3n) is 2.51. The molecule has 6 heteroatoms. The number of hydrogen-bond acceptors (Lipinski definition) is 4. The van der Waals surface area contributed by atoms with Crippen LogP contribution in [-0.2, 0) is 0 Å². The van der Waals surface area contributed by atoms with Gasteiger partial charge in [0.2, 0.25) is 0 Å². The molecule has 0 amide bonds. The zero-order valence-electron chi connectivity index (χ0n) is 10.00. The maximum absolute atomic E-state index is 13.1. The van der Waals surface area contributed by atoms with Crippen LogP contribution < -0.4 is 5.32 Å². The van der Waals surface area contributed by atoms with Crippen molar-refractivity contribution < 1.29 is 4.39 Å². The third-order valence-corrected chi connectivity index (χ3v) is 2.51. The summed E-state index contributed by atoms with van der Waals surface area (Å²) < 4.78 is 13.1. The van der Waals surface area contributed by atoms with E-state index in [9.17, 15) is 4.39 Å². The maximum Gasteiger partial charge on any atom is 0.312 e. The summed E-state index contributed by atoms with van der Waals surface area (Å²) in [4.78, 5) is 14.1. The normalized spacial score (nSPS) is 11.3. The molecule has 0 saturated heterocycles. The van der Waals surface area contributed by atoms with E-state index in [1.807, 2.05) is 0 Å². The number of anilines is 1. The molecule has 0 bridgehead atoms. The molecule has 0 aromatic carbocycles. The van der Waals surface area contributed by atoms with Gasteiger partial charge in [0.15, 0.2) is 11.5 Å². The lowest BCUT2D eigenvalue weighted by atomic mass is 10.1. The second kappa shape index (κ2) is 5.07. The van der Waals surface area contributed by atoms with Gasteiger partial charge in [0.05, 0.1) is 6.33 Å². The summed E-state index contributed by atoms with van der Waals surface area (Å²) in [6.07, 6.45) is 2.89. The van der Waals surface area contributed by atoms with Gasteiger partial charge in [-0.15, -0.1) is 0 Å². The monoisotopic (exact) mass is 237 g/mol. The number of aromatic nitrogens is 4. The molecular weight excluding hydrogens is 221 g/mol. The number of halogens is 1. The fraction of sp³-hybridized carbons (Fsp3) is 0.545. The summed E-state index contributed by atoms with van der Waals surface area (Å²) in [5.41, 5.74) is 1.000. The molecule has 5 nitrogen and oxygen atoms in total. The smallest absolute Gasteiger partial charge is 0.312 e. The number of imidazole rings is 1. The first-order valence-electron chi connectivity index (χ1n) is 5.77. The lowest BCUT2D eigenvalue weighted by Crippen LogP contribution is -2.07. The predicted molar refractivity (Wildman–Crippen MR) is 64.2 cm³/mol. The van der Waals surface area contributed by atoms with Crippen LogP contribution in [0.3, 0.4) is 0 Å². The van der Waals surface area contributed by atoms with E-state index < -0.39 is 6.08 Å². The van der Waals surface area contributed by atoms with Gasteiger partial charge >= 0.3 is 6.08 Å². The second-order valence-electron chi connectivity index (χ2n) is 4.41. The number of nitrogens with zero attached hydrogens (tertiary/aromatic N) is 3. The highest BCUT2D eigenvalue weighted by atomic mass is 19.1. The van der Waals surface area contributed by atoms with Crippen LogP contribution >= 0.6 is 0 Å². The molecule has 0 radical (unpaired) electrons. The molecule has 0 unspecified atom stereocenters. The molecule has 2 rings (SSSR count). The summed E-state index contributed by atoms with van der Waals surface area (Å²) in [5, 5.41) is 3.11. The molecule has 0 aliphatic carbocycles. The van der Waals surface area contributed by atoms with Crippen LogP contribution in [0.15, 0.2) is 6.33 Å². The summed E-state index contributed by atoms with van der Waals surface area (Å²) in [6, 6.07) is 0. The van der Waals surface area contributed by atoms with Gasteiger partial charge in [-0.2, -0.15) is 14.4 Å². The minimum atomic E-state index is -0.754. The first-order valence-corrected chi connectivity index (χ1v) is 5.77. The van der Waals surface area contributed by atoms with Crippen molar-refractivity contribution in [3.8, 4) is 0 Å². The van der Waals surface area contributed by atoms with Gasteiger partial charge < -0.3 is 10.3 Å². The van der Waals surface area contributed by atoms with Crippen LogP contribution in [0.2, 0.25) is 0 Å². The average molecular weight is 237 g/mol. The van der Waals surface area contributed by atoms with Crippen LogP contribution in [0, 0.1) is 12.0 Å². The number of H-pyrrole nitrogens is 1. The molecule has 2 N–H and O–H groups in total. The topological polar surface area (TPSA) is 66.5 Å². The van der Waals surface area contributed by atoms with Gasteiger partial charge in [0.1, 0.15) is 5.52 Å². The Labute approximate surface area is 98.9 Å². The fourth-order valence-electron chi connectivity index (χ4n) is 1.65. The van der Waals surface area contributed by atoms with Crippen LogP contribution in [0.25, 0.3) is 11.2 Å². The molecule has 2 aromatic heterocycles. The molecule has 0 atom stereocenters. The van der Waals surface area contributed by atoms with Gasteiger partial charge in [0.25, 0.3) is 0 Å². The summed E-state index contributed by atoms with van der Waals surface area (Å²) >= 11 is 0. The Kier molecular flexibility index (Phi) is 3.51. The van der Waals surface area contributed by atoms with Gasteiger partial charge in [-0.05, 0) is 18.8 Å². The highest BCUT2D eigenvalue weighted by molar-refractivity contribution is 5.81. The number of fused-ring (bicyclic) bond motifs is 1. The molecule has 17 heavy (non-hydrogen) atoms. The highest BCUT2D eigenvalue weighted by Gasteiger charge is 2.08. The number of hydrogen-bond donors (Lipinski definition) is 2. The average Bonchev–Trinajstić information content (AvgIpc) is 2.71. The fourth-order valence-corrected chi connectivity index (χ4v) is 1.65. The molecule has 2 aromatic rings. The minimum Gasteiger partial charge on any atom is -0.368 e. The molecule has 0 aliphatic heterocycles. The van der Waals surface area contributed by atoms with E-state index in [2.05, 4.69) is 39.1 Å². The van der Waals surface area contributed by atoms with Gasteiger partial charge in [-0.25, -0.2) is 4.98 Å². The van der Waals surface area contributed by atoms with E-state index in [1.165, 1.54) is 6.33 Å². The van der Waals surface area contributed by atoms with Crippen molar-refractivity contribution >= 4 is 17.0 Å². The summed E-state index contributed by atoms with van der Waals surface area (Å²) in [6.45, 7) is 5.12. The summed E-state index contributed by atoms with van der Waals surface area (Å²) in [7, 11) is 0. The first kappa shape index (κ1) is 11.8. The van der Waals surface area contributed by atoms with Gasteiger partial charge in [0, 0.05) is 6.54 Å². The molecular formula is C11H16FN5. The molecule has 0 spiro atoms. The van der Waals surface area contributed by atoms with Crippen LogP contribution in [0.4, 0.5) is 10.2 Å². The van der Waals surface area contributed by atoms with Crippen molar-refractivity contribution in [3.05, 3.63) is 12.4 Å². The second-order valence-corrected chi connectivity index (χ2v) is 4.41. The van der Waals surface area contributed by atoms with E-state index in [0.29, 0.717) is 22.9 Å². The Balaban J connectivity index is 2.04. The van der Waals surface area contributed by atoms with E-state index >= 15 is 0 Å². The Bertz CT molecular complexity index is 494. The zero-order chi connectivity index (χ0) is 12.3. The van der Waals surface area contributed by atoms with Crippen LogP contribution in [-0.4, -0.2) is 26.5 Å². The Morgan fingerprint density at radius 2 is 2.24 bits per heavy atom. The molecule has 0 fully saturated rings. The van der Waals surface area contributed by atoms with Crippen molar-refractivity contribution in [2.45, 2.75) is 26.7 Å². The molecule has 0 aliphatic rings. The standard InChI is InChI=1S/C11H16FN5/c1-7(2)4-3-5-13-9-8-10(15-6-14-8)17-11(12)16-9/h6-7H,3-5H2,1-2H3,(H2,13,14,15,16,17). The Hall–Kier alpha value is -1.72. The van der Waals surface area contributed by atoms with Crippen molar-refractivity contribution in [3.63, 3.8) is 0 Å². The van der Waals surface area contributed by atoms with Crippen molar-refractivity contribution in [2.24, 2.45) is 5.92 Å². The molecule has 2 heterocycles. The third kappa shape index (κ3) is 2.89. The number of rotatable bonds is 5. The van der Waals surface area contributed by atoms with Crippen LogP contribution in [0.5, 0.6) is 0 Å². The highest BCUT2D eigenvalue weighted by Crippen LogP contribution is 2.16. The van der Waals surface area contributed by atoms with Gasteiger partial charge in [-0.1, -0.05) is 13.8 Å². The quantitative estimate of drug-likeness (QED) is 0.618.